The van der Waals surface area contributed by atoms with Gasteiger partial charge in [-0.2, -0.15) is 0 Å². The molecule has 10 aromatic carbocycles. The molecule has 0 atom stereocenters. The van der Waals surface area contributed by atoms with E-state index in [2.05, 4.69) is 199 Å². The number of nitrogens with zero attached hydrogens (tertiary/aromatic N) is 4. The summed E-state index contributed by atoms with van der Waals surface area (Å²) in [6, 6.07) is 72.9. The zero-order valence-electron chi connectivity index (χ0n) is 33.3. The molecule has 0 fully saturated rings. The first-order valence-corrected chi connectivity index (χ1v) is 20.9. The number of benzene rings is 10. The van der Waals surface area contributed by atoms with E-state index in [1.165, 1.54) is 32.3 Å². The molecule has 0 bridgehead atoms. The van der Waals surface area contributed by atoms with E-state index < -0.39 is 0 Å². The predicted molar refractivity (Wildman–Crippen MR) is 256 cm³/mol. The molecule has 288 valence electrons. The lowest BCUT2D eigenvalue weighted by Gasteiger charge is -2.17. The Bertz CT molecular complexity index is 3850. The molecule has 5 heteroatoms. The van der Waals surface area contributed by atoms with E-state index >= 15 is 0 Å². The smallest absolute Gasteiger partial charge is 0.164 e. The topological polar surface area (TPSA) is 56.7 Å². The maximum Gasteiger partial charge on any atom is 0.164 e. The summed E-state index contributed by atoms with van der Waals surface area (Å²) in [4.78, 5) is 15.7. The standard InChI is InChI=1S/C57H34N4O/c1-3-14-37-30-41(26-24-35(37)12-1)55-58-56(42-27-25-36-13-2-4-15-38(36)31-42)60-57(59-55)43-28-29-50(48(33-43)45-20-11-23-53-54(45)46-19-8-10-22-52(46)62-53)61-49-21-9-7-18-44(49)47-32-39-16-5-6-17-40(39)34-51(47)61/h1-34H. The first-order chi connectivity index (χ1) is 30.7. The van der Waals surface area contributed by atoms with Crippen molar-refractivity contribution in [2.24, 2.45) is 0 Å². The first kappa shape index (κ1) is 34.5. The molecule has 0 aliphatic carbocycles. The number of furan rings is 1. The molecule has 0 saturated heterocycles. The lowest BCUT2D eigenvalue weighted by atomic mass is 9.95. The Labute approximate surface area is 355 Å². The van der Waals surface area contributed by atoms with Gasteiger partial charge in [-0.05, 0) is 98.5 Å². The number of para-hydroxylation sites is 2. The Balaban J connectivity index is 1.10. The van der Waals surface area contributed by atoms with Crippen molar-refractivity contribution in [1.29, 1.82) is 0 Å². The fourth-order valence-corrected chi connectivity index (χ4v) is 9.42. The van der Waals surface area contributed by atoms with Crippen LogP contribution >= 0.6 is 0 Å². The molecule has 13 rings (SSSR count). The lowest BCUT2D eigenvalue weighted by Crippen LogP contribution is -2.02. The minimum Gasteiger partial charge on any atom is -0.456 e. The van der Waals surface area contributed by atoms with Crippen LogP contribution in [0, 0.1) is 0 Å². The van der Waals surface area contributed by atoms with E-state index in [4.69, 9.17) is 19.4 Å². The van der Waals surface area contributed by atoms with Gasteiger partial charge in [-0.1, -0.05) is 146 Å². The van der Waals surface area contributed by atoms with Gasteiger partial charge in [0, 0.05) is 43.8 Å². The van der Waals surface area contributed by atoms with Crippen molar-refractivity contribution in [3.8, 4) is 51.0 Å². The van der Waals surface area contributed by atoms with Crippen molar-refractivity contribution in [2.45, 2.75) is 0 Å². The highest BCUT2D eigenvalue weighted by molar-refractivity contribution is 6.16. The molecule has 0 aliphatic rings. The van der Waals surface area contributed by atoms with Gasteiger partial charge in [0.15, 0.2) is 17.5 Å². The zero-order valence-corrected chi connectivity index (χ0v) is 33.3. The highest BCUT2D eigenvalue weighted by atomic mass is 16.3. The Morgan fingerprint density at radius 3 is 1.52 bits per heavy atom. The van der Waals surface area contributed by atoms with Gasteiger partial charge in [-0.3, -0.25) is 0 Å². The summed E-state index contributed by atoms with van der Waals surface area (Å²) in [7, 11) is 0. The maximum absolute atomic E-state index is 6.50. The van der Waals surface area contributed by atoms with Crippen molar-refractivity contribution >= 4 is 76.1 Å². The molecule has 62 heavy (non-hydrogen) atoms. The number of hydrogen-bond acceptors (Lipinski definition) is 4. The molecule has 0 radical (unpaired) electrons. The molecule has 0 N–H and O–H groups in total. The molecule has 3 heterocycles. The van der Waals surface area contributed by atoms with Crippen LogP contribution in [0.3, 0.4) is 0 Å². The van der Waals surface area contributed by atoms with Crippen LogP contribution in [0.4, 0.5) is 0 Å². The second-order valence-electron chi connectivity index (χ2n) is 16.0. The number of aromatic nitrogens is 4. The van der Waals surface area contributed by atoms with Crippen LogP contribution in [-0.4, -0.2) is 19.5 Å². The van der Waals surface area contributed by atoms with Gasteiger partial charge < -0.3 is 8.98 Å². The Morgan fingerprint density at radius 1 is 0.323 bits per heavy atom. The highest BCUT2D eigenvalue weighted by Gasteiger charge is 2.22. The first-order valence-electron chi connectivity index (χ1n) is 20.9. The summed E-state index contributed by atoms with van der Waals surface area (Å²) in [5, 5.41) is 11.5. The summed E-state index contributed by atoms with van der Waals surface area (Å²) in [6.45, 7) is 0. The summed E-state index contributed by atoms with van der Waals surface area (Å²) in [5.41, 5.74) is 9.85. The maximum atomic E-state index is 6.50. The van der Waals surface area contributed by atoms with Crippen molar-refractivity contribution in [2.75, 3.05) is 0 Å². The van der Waals surface area contributed by atoms with Crippen LogP contribution < -0.4 is 0 Å². The van der Waals surface area contributed by atoms with Crippen LogP contribution in [0.5, 0.6) is 0 Å². The van der Waals surface area contributed by atoms with Gasteiger partial charge >= 0.3 is 0 Å². The molecule has 3 aromatic heterocycles. The third-order valence-electron chi connectivity index (χ3n) is 12.4. The van der Waals surface area contributed by atoms with Crippen molar-refractivity contribution in [1.82, 2.24) is 19.5 Å². The second kappa shape index (κ2) is 13.6. The third kappa shape index (κ3) is 5.45. The largest absolute Gasteiger partial charge is 0.456 e. The Morgan fingerprint density at radius 2 is 0.839 bits per heavy atom. The monoisotopic (exact) mass is 790 g/mol. The predicted octanol–water partition coefficient (Wildman–Crippen LogP) is 15.0. The van der Waals surface area contributed by atoms with Gasteiger partial charge in [0.2, 0.25) is 0 Å². The van der Waals surface area contributed by atoms with Crippen LogP contribution in [0.15, 0.2) is 211 Å². The molecular formula is C57H34N4O. The van der Waals surface area contributed by atoms with Gasteiger partial charge in [0.25, 0.3) is 0 Å². The fourth-order valence-electron chi connectivity index (χ4n) is 9.42. The molecule has 0 saturated carbocycles. The normalized spacial score (nSPS) is 11.9. The molecule has 0 spiro atoms. The summed E-state index contributed by atoms with van der Waals surface area (Å²) in [6.07, 6.45) is 0. The Hall–Kier alpha value is -8.41. The van der Waals surface area contributed by atoms with E-state index in [0.717, 1.165) is 77.2 Å². The van der Waals surface area contributed by atoms with Gasteiger partial charge in [0.1, 0.15) is 11.2 Å². The van der Waals surface area contributed by atoms with Crippen LogP contribution in [0.25, 0.3) is 127 Å². The van der Waals surface area contributed by atoms with Crippen molar-refractivity contribution in [3.05, 3.63) is 206 Å². The summed E-state index contributed by atoms with van der Waals surface area (Å²) >= 11 is 0. The summed E-state index contributed by atoms with van der Waals surface area (Å²) in [5.74, 6) is 1.83. The van der Waals surface area contributed by atoms with E-state index in [0.29, 0.717) is 17.5 Å². The van der Waals surface area contributed by atoms with Crippen LogP contribution in [-0.2, 0) is 0 Å². The number of fused-ring (bicyclic) bond motifs is 9. The van der Waals surface area contributed by atoms with E-state index in [-0.39, 0.29) is 0 Å². The third-order valence-corrected chi connectivity index (χ3v) is 12.4. The minimum absolute atomic E-state index is 0.594. The lowest BCUT2D eigenvalue weighted by molar-refractivity contribution is 0.669. The molecule has 0 amide bonds. The minimum atomic E-state index is 0.594. The molecule has 5 nitrogen and oxygen atoms in total. The molecular weight excluding hydrogens is 757 g/mol. The van der Waals surface area contributed by atoms with Gasteiger partial charge in [0.05, 0.1) is 16.7 Å². The van der Waals surface area contributed by atoms with E-state index in [9.17, 15) is 0 Å². The van der Waals surface area contributed by atoms with Crippen molar-refractivity contribution in [3.63, 3.8) is 0 Å². The fraction of sp³-hybridized carbons (Fsp3) is 0. The molecule has 13 aromatic rings. The zero-order chi connectivity index (χ0) is 40.7. The highest BCUT2D eigenvalue weighted by Crippen LogP contribution is 2.43. The van der Waals surface area contributed by atoms with Gasteiger partial charge in [-0.25, -0.2) is 15.0 Å². The quantitative estimate of drug-likeness (QED) is 0.174. The van der Waals surface area contributed by atoms with Crippen LogP contribution in [0.2, 0.25) is 0 Å². The van der Waals surface area contributed by atoms with Crippen LogP contribution in [0.1, 0.15) is 0 Å². The average molecular weight is 791 g/mol. The molecule has 0 unspecified atom stereocenters. The number of rotatable bonds is 5. The van der Waals surface area contributed by atoms with Crippen molar-refractivity contribution < 1.29 is 4.42 Å². The second-order valence-corrected chi connectivity index (χ2v) is 16.0. The Kier molecular flexibility index (Phi) is 7.54. The van der Waals surface area contributed by atoms with Gasteiger partial charge in [-0.15, -0.1) is 0 Å². The average Bonchev–Trinajstić information content (AvgIpc) is 3.88. The van der Waals surface area contributed by atoms with E-state index in [1.807, 2.05) is 12.1 Å². The summed E-state index contributed by atoms with van der Waals surface area (Å²) < 4.78 is 8.92. The molecule has 0 aliphatic heterocycles. The number of hydrogen-bond donors (Lipinski definition) is 0. The van der Waals surface area contributed by atoms with E-state index in [1.54, 1.807) is 0 Å². The SMILES string of the molecule is c1ccc2cc(-c3nc(-c4ccc(-n5c6ccccc6c6cc7ccccc7cc65)c(-c5cccc6oc7ccccc7c56)c4)nc(-c4ccc5ccccc5c4)n3)ccc2c1.